The van der Waals surface area contributed by atoms with Crippen LogP contribution in [-0.4, -0.2) is 21.9 Å². The lowest BCUT2D eigenvalue weighted by Gasteiger charge is -2.20. The number of Topliss-reactive ketones (excluding diaryl/α,β-unsaturated/α-hetero) is 3. The van der Waals surface area contributed by atoms with Crippen LogP contribution in [0.3, 0.4) is 0 Å². The van der Waals surface area contributed by atoms with Crippen LogP contribution in [0.25, 0.3) is 21.8 Å². The van der Waals surface area contributed by atoms with Gasteiger partial charge in [-0.15, -0.1) is 0 Å². The van der Waals surface area contributed by atoms with Gasteiger partial charge in [0, 0.05) is 51.8 Å². The molecule has 168 valence electrons. The maximum Gasteiger partial charge on any atom is 0.228 e. The van der Waals surface area contributed by atoms with E-state index in [9.17, 15) is 14.4 Å². The summed E-state index contributed by atoms with van der Waals surface area (Å²) in [7, 11) is 0. The van der Waals surface area contributed by atoms with Gasteiger partial charge in [0.2, 0.25) is 11.6 Å². The lowest BCUT2D eigenvalue weighted by molar-refractivity contribution is -0.115. The summed E-state index contributed by atoms with van der Waals surface area (Å²) in [5.74, 6) is -0.360. The van der Waals surface area contributed by atoms with Gasteiger partial charge in [0.05, 0.1) is 0 Å². The number of unbranched alkanes of at least 4 members (excludes halogenated alkanes) is 2. The first-order valence-corrected chi connectivity index (χ1v) is 12.2. The van der Waals surface area contributed by atoms with E-state index in [1.54, 1.807) is 6.07 Å². The first-order valence-electron chi connectivity index (χ1n) is 12.2. The molecule has 1 fully saturated rings. The predicted molar refractivity (Wildman–Crippen MR) is 130 cm³/mol. The van der Waals surface area contributed by atoms with Crippen LogP contribution in [-0.2, 0) is 11.3 Å². The zero-order valence-corrected chi connectivity index (χ0v) is 19.3. The van der Waals surface area contributed by atoms with E-state index < -0.39 is 5.78 Å². The summed E-state index contributed by atoms with van der Waals surface area (Å²) in [5, 5.41) is 1.92. The third-order valence-corrected chi connectivity index (χ3v) is 6.96. The molecule has 0 N–H and O–H groups in total. The topological polar surface area (TPSA) is 56.1 Å². The smallest absolute Gasteiger partial charge is 0.228 e. The molecule has 3 aromatic rings. The number of rotatable bonds is 9. The van der Waals surface area contributed by atoms with Crippen LogP contribution in [0.1, 0.15) is 92.4 Å². The predicted octanol–water partition coefficient (Wildman–Crippen LogP) is 6.91. The van der Waals surface area contributed by atoms with Gasteiger partial charge in [-0.3, -0.25) is 14.4 Å². The van der Waals surface area contributed by atoms with Gasteiger partial charge in [0.25, 0.3) is 0 Å². The highest BCUT2D eigenvalue weighted by atomic mass is 16.2. The molecule has 1 heterocycles. The van der Waals surface area contributed by atoms with Gasteiger partial charge in [0.15, 0.2) is 5.78 Å². The van der Waals surface area contributed by atoms with E-state index in [1.165, 1.54) is 6.42 Å². The molecule has 1 aliphatic carbocycles. The number of aromatic nitrogens is 1. The van der Waals surface area contributed by atoms with Crippen LogP contribution in [0.2, 0.25) is 0 Å². The van der Waals surface area contributed by atoms with Crippen molar-refractivity contribution in [2.45, 2.75) is 78.2 Å². The van der Waals surface area contributed by atoms with Crippen LogP contribution < -0.4 is 0 Å². The zero-order chi connectivity index (χ0) is 22.7. The zero-order valence-electron chi connectivity index (χ0n) is 19.3. The van der Waals surface area contributed by atoms with E-state index in [1.807, 2.05) is 30.3 Å². The van der Waals surface area contributed by atoms with E-state index >= 15 is 0 Å². The van der Waals surface area contributed by atoms with Crippen molar-refractivity contribution in [3.8, 4) is 0 Å². The molecule has 1 aromatic heterocycles. The highest BCUT2D eigenvalue weighted by molar-refractivity contribution is 6.44. The van der Waals surface area contributed by atoms with Gasteiger partial charge in [-0.25, -0.2) is 0 Å². The minimum absolute atomic E-state index is 0.124. The fourth-order valence-electron chi connectivity index (χ4n) is 5.15. The molecule has 4 rings (SSSR count). The van der Waals surface area contributed by atoms with Crippen molar-refractivity contribution in [2.75, 3.05) is 0 Å². The average Bonchev–Trinajstić information content (AvgIpc) is 3.15. The van der Waals surface area contributed by atoms with Gasteiger partial charge < -0.3 is 4.57 Å². The third kappa shape index (κ3) is 4.28. The number of benzene rings is 2. The second-order valence-electron chi connectivity index (χ2n) is 9.12. The maximum absolute atomic E-state index is 13.1. The highest BCUT2D eigenvalue weighted by Gasteiger charge is 2.24. The fraction of sp³-hybridized carbons (Fsp3) is 0.464. The van der Waals surface area contributed by atoms with Crippen molar-refractivity contribution in [1.82, 2.24) is 4.57 Å². The van der Waals surface area contributed by atoms with E-state index in [0.29, 0.717) is 12.0 Å². The van der Waals surface area contributed by atoms with E-state index in [2.05, 4.69) is 18.4 Å². The first kappa shape index (κ1) is 22.4. The molecule has 0 spiro atoms. The number of carbonyl (C=O) groups is 3. The van der Waals surface area contributed by atoms with Gasteiger partial charge in [-0.1, -0.05) is 39.0 Å². The molecule has 1 aliphatic rings. The summed E-state index contributed by atoms with van der Waals surface area (Å²) in [4.78, 5) is 38.3. The minimum atomic E-state index is -0.408. The number of hydrogen-bond acceptors (Lipinski definition) is 3. The summed E-state index contributed by atoms with van der Waals surface area (Å²) >= 11 is 0. The Morgan fingerprint density at radius 1 is 0.844 bits per heavy atom. The molecule has 0 atom stereocenters. The Bertz CT molecular complexity index is 1160. The van der Waals surface area contributed by atoms with Crippen molar-refractivity contribution in [2.24, 2.45) is 5.92 Å². The average molecular weight is 432 g/mol. The number of carbonyl (C=O) groups excluding carboxylic acids is 3. The number of fused-ring (bicyclic) bond motifs is 3. The molecule has 0 aliphatic heterocycles. The quantitative estimate of drug-likeness (QED) is 0.210. The Hall–Kier alpha value is -2.75. The summed E-state index contributed by atoms with van der Waals surface area (Å²) in [6.45, 7) is 4.96. The van der Waals surface area contributed by atoms with Crippen molar-refractivity contribution in [3.63, 3.8) is 0 Å². The SMILES string of the molecule is CCCCCC(=O)C(=O)c1ccc2c(c1)c1cc(C(=O)C3CCCCC3)ccc1n2CC. The van der Waals surface area contributed by atoms with Crippen LogP contribution in [0, 0.1) is 5.92 Å². The number of ketones is 3. The first-order chi connectivity index (χ1) is 15.5. The number of nitrogens with zero attached hydrogens (tertiary/aromatic N) is 1. The minimum Gasteiger partial charge on any atom is -0.341 e. The van der Waals surface area contributed by atoms with Crippen molar-refractivity contribution < 1.29 is 14.4 Å². The second kappa shape index (κ2) is 9.81. The molecule has 0 unspecified atom stereocenters. The standard InChI is InChI=1S/C28H33NO3/c1-3-5-7-12-26(30)28(32)21-14-16-25-23(18-21)22-17-20(13-15-24(22)29(25)4-2)27(31)19-10-8-6-9-11-19/h13-19H,3-12H2,1-2H3. The Balaban J connectivity index is 1.73. The lowest BCUT2D eigenvalue weighted by Crippen LogP contribution is -2.17. The maximum atomic E-state index is 13.1. The number of aryl methyl sites for hydroxylation is 1. The molecule has 0 bridgehead atoms. The third-order valence-electron chi connectivity index (χ3n) is 6.96. The lowest BCUT2D eigenvalue weighted by atomic mass is 9.83. The molecular weight excluding hydrogens is 398 g/mol. The van der Waals surface area contributed by atoms with Crippen LogP contribution in [0.4, 0.5) is 0 Å². The molecule has 32 heavy (non-hydrogen) atoms. The molecule has 0 radical (unpaired) electrons. The van der Waals surface area contributed by atoms with Crippen molar-refractivity contribution in [1.29, 1.82) is 0 Å². The van der Waals surface area contributed by atoms with Gasteiger partial charge >= 0.3 is 0 Å². The van der Waals surface area contributed by atoms with Crippen LogP contribution in [0.5, 0.6) is 0 Å². The molecule has 0 amide bonds. The van der Waals surface area contributed by atoms with Gasteiger partial charge in [-0.05, 0) is 62.6 Å². The molecule has 4 nitrogen and oxygen atoms in total. The fourth-order valence-corrected chi connectivity index (χ4v) is 5.15. The molecule has 0 saturated heterocycles. The van der Waals surface area contributed by atoms with Crippen LogP contribution >= 0.6 is 0 Å². The van der Waals surface area contributed by atoms with E-state index in [0.717, 1.165) is 78.9 Å². The van der Waals surface area contributed by atoms with Gasteiger partial charge in [-0.2, -0.15) is 0 Å². The van der Waals surface area contributed by atoms with Crippen molar-refractivity contribution >= 4 is 39.2 Å². The van der Waals surface area contributed by atoms with E-state index in [4.69, 9.17) is 0 Å². The summed E-state index contributed by atoms with van der Waals surface area (Å²) in [5.41, 5.74) is 3.28. The normalized spacial score (nSPS) is 14.8. The van der Waals surface area contributed by atoms with Crippen molar-refractivity contribution in [3.05, 3.63) is 47.5 Å². The molecule has 1 saturated carbocycles. The Kier molecular flexibility index (Phi) is 6.88. The molecule has 2 aromatic carbocycles. The molecular formula is C28H33NO3. The number of hydrogen-bond donors (Lipinski definition) is 0. The largest absolute Gasteiger partial charge is 0.341 e. The summed E-state index contributed by atoms with van der Waals surface area (Å²) < 4.78 is 2.21. The second-order valence-corrected chi connectivity index (χ2v) is 9.12. The van der Waals surface area contributed by atoms with E-state index in [-0.39, 0.29) is 17.5 Å². The highest BCUT2D eigenvalue weighted by Crippen LogP contribution is 2.33. The monoisotopic (exact) mass is 431 g/mol. The summed E-state index contributed by atoms with van der Waals surface area (Å²) in [6.07, 6.45) is 8.48. The Morgan fingerprint density at radius 3 is 2.09 bits per heavy atom. The Morgan fingerprint density at radius 2 is 1.47 bits per heavy atom. The van der Waals surface area contributed by atoms with Gasteiger partial charge in [0.1, 0.15) is 0 Å². The summed E-state index contributed by atoms with van der Waals surface area (Å²) in [6, 6.07) is 11.5. The molecule has 4 heteroatoms. The Labute approximate surface area is 190 Å². The van der Waals surface area contributed by atoms with Crippen LogP contribution in [0.15, 0.2) is 36.4 Å².